The maximum Gasteiger partial charge on any atom is 0.123 e. The van der Waals surface area contributed by atoms with Crippen LogP contribution in [-0.2, 0) is 16.8 Å². The van der Waals surface area contributed by atoms with E-state index in [0.717, 1.165) is 18.8 Å². The van der Waals surface area contributed by atoms with E-state index in [4.69, 9.17) is 5.73 Å². The molecule has 3 rings (SSSR count). The summed E-state index contributed by atoms with van der Waals surface area (Å²) >= 11 is 0. The van der Waals surface area contributed by atoms with Crippen molar-refractivity contribution in [3.05, 3.63) is 35.4 Å². The number of hydrogen-bond acceptors (Lipinski definition) is 2. The lowest BCUT2D eigenvalue weighted by Crippen LogP contribution is -2.39. The van der Waals surface area contributed by atoms with Gasteiger partial charge in [-0.25, -0.2) is 0 Å². The minimum absolute atomic E-state index is 0.316. The van der Waals surface area contributed by atoms with Gasteiger partial charge >= 0.3 is 0 Å². The largest absolute Gasteiger partial charge is 0.326 e. The molecule has 0 radical (unpaired) electrons. The van der Waals surface area contributed by atoms with E-state index in [1.807, 2.05) is 0 Å². The maximum atomic E-state index is 11.1. The van der Waals surface area contributed by atoms with Gasteiger partial charge in [0, 0.05) is 12.5 Å². The summed E-state index contributed by atoms with van der Waals surface area (Å²) in [4.78, 5) is 11.1. The SMILES string of the molecule is NCc1ccc(C2(C3CCC(C=O)CC3)CCCCC2)cc1. The van der Waals surface area contributed by atoms with Gasteiger partial charge in [-0.2, -0.15) is 0 Å². The van der Waals surface area contributed by atoms with Crippen LogP contribution in [0.1, 0.15) is 68.9 Å². The minimum Gasteiger partial charge on any atom is -0.326 e. The molecule has 1 aromatic rings. The first-order valence-corrected chi connectivity index (χ1v) is 9.03. The molecule has 0 heterocycles. The first-order chi connectivity index (χ1) is 10.8. The molecule has 2 aliphatic carbocycles. The van der Waals surface area contributed by atoms with Gasteiger partial charge in [0.15, 0.2) is 0 Å². The van der Waals surface area contributed by atoms with Crippen LogP contribution in [0.2, 0.25) is 0 Å². The Balaban J connectivity index is 1.85. The second kappa shape index (κ2) is 6.95. The molecule has 1 aromatic carbocycles. The normalized spacial score (nSPS) is 28.2. The number of carbonyl (C=O) groups excluding carboxylic acids is 1. The zero-order valence-corrected chi connectivity index (χ0v) is 13.6. The van der Waals surface area contributed by atoms with Crippen molar-refractivity contribution in [1.29, 1.82) is 0 Å². The standard InChI is InChI=1S/C20H29NO/c21-14-16-4-8-18(9-5-16)20(12-2-1-3-13-20)19-10-6-17(15-22)7-11-19/h4-5,8-9,15,17,19H,1-3,6-7,10-14,21H2. The summed E-state index contributed by atoms with van der Waals surface area (Å²) in [5.74, 6) is 1.07. The van der Waals surface area contributed by atoms with Crippen LogP contribution in [0.3, 0.4) is 0 Å². The van der Waals surface area contributed by atoms with Gasteiger partial charge in [0.2, 0.25) is 0 Å². The fourth-order valence-electron chi connectivity index (χ4n) is 4.90. The Hall–Kier alpha value is -1.15. The fourth-order valence-corrected chi connectivity index (χ4v) is 4.90. The van der Waals surface area contributed by atoms with Gasteiger partial charge in [-0.1, -0.05) is 43.5 Å². The van der Waals surface area contributed by atoms with Crippen molar-refractivity contribution in [3.8, 4) is 0 Å². The van der Waals surface area contributed by atoms with Crippen LogP contribution in [-0.4, -0.2) is 6.29 Å². The van der Waals surface area contributed by atoms with Crippen LogP contribution in [0.5, 0.6) is 0 Å². The average Bonchev–Trinajstić information content (AvgIpc) is 2.62. The van der Waals surface area contributed by atoms with Gasteiger partial charge in [0.25, 0.3) is 0 Å². The Morgan fingerprint density at radius 1 is 1.00 bits per heavy atom. The van der Waals surface area contributed by atoms with E-state index in [2.05, 4.69) is 24.3 Å². The van der Waals surface area contributed by atoms with Crippen molar-refractivity contribution in [2.75, 3.05) is 0 Å². The van der Waals surface area contributed by atoms with Crippen molar-refractivity contribution in [1.82, 2.24) is 0 Å². The van der Waals surface area contributed by atoms with E-state index in [9.17, 15) is 4.79 Å². The van der Waals surface area contributed by atoms with E-state index in [-0.39, 0.29) is 0 Å². The van der Waals surface area contributed by atoms with Crippen molar-refractivity contribution >= 4 is 6.29 Å². The third-order valence-corrected chi connectivity index (χ3v) is 6.26. The molecule has 2 nitrogen and oxygen atoms in total. The van der Waals surface area contributed by atoms with Crippen molar-refractivity contribution in [2.45, 2.75) is 69.7 Å². The predicted molar refractivity (Wildman–Crippen MR) is 90.6 cm³/mol. The van der Waals surface area contributed by atoms with E-state index in [1.54, 1.807) is 0 Å². The van der Waals surface area contributed by atoms with Gasteiger partial charge < -0.3 is 10.5 Å². The zero-order chi connectivity index (χ0) is 15.4. The summed E-state index contributed by atoms with van der Waals surface area (Å²) in [6.45, 7) is 0.623. The third kappa shape index (κ3) is 2.99. The van der Waals surface area contributed by atoms with Crippen LogP contribution in [0, 0.1) is 11.8 Å². The summed E-state index contributed by atoms with van der Waals surface area (Å²) in [6, 6.07) is 9.09. The second-order valence-corrected chi connectivity index (χ2v) is 7.37. The lowest BCUT2D eigenvalue weighted by molar-refractivity contribution is -0.112. The number of hydrogen-bond donors (Lipinski definition) is 1. The summed E-state index contributed by atoms with van der Waals surface area (Å²) in [5.41, 5.74) is 8.86. The molecule has 0 saturated heterocycles. The Bertz CT molecular complexity index is 479. The third-order valence-electron chi connectivity index (χ3n) is 6.26. The van der Waals surface area contributed by atoms with Gasteiger partial charge in [-0.05, 0) is 61.0 Å². The monoisotopic (exact) mass is 299 g/mol. The number of rotatable bonds is 4. The molecule has 22 heavy (non-hydrogen) atoms. The number of aldehydes is 1. The van der Waals surface area contributed by atoms with Crippen LogP contribution in [0.25, 0.3) is 0 Å². The minimum atomic E-state index is 0.316. The zero-order valence-electron chi connectivity index (χ0n) is 13.6. The van der Waals surface area contributed by atoms with Crippen LogP contribution < -0.4 is 5.73 Å². The number of benzene rings is 1. The van der Waals surface area contributed by atoms with E-state index < -0.39 is 0 Å². The molecule has 2 saturated carbocycles. The molecule has 0 spiro atoms. The quantitative estimate of drug-likeness (QED) is 0.840. The van der Waals surface area contributed by atoms with Crippen LogP contribution in [0.4, 0.5) is 0 Å². The molecular formula is C20H29NO. The highest BCUT2D eigenvalue weighted by Crippen LogP contribution is 2.50. The summed E-state index contributed by atoms with van der Waals surface area (Å²) < 4.78 is 0. The van der Waals surface area contributed by atoms with E-state index >= 15 is 0 Å². The highest BCUT2D eigenvalue weighted by atomic mass is 16.1. The molecule has 120 valence electrons. The molecule has 0 unspecified atom stereocenters. The summed E-state index contributed by atoms with van der Waals surface area (Å²) in [6.07, 6.45) is 12.6. The van der Waals surface area contributed by atoms with Gasteiger partial charge in [-0.15, -0.1) is 0 Å². The van der Waals surface area contributed by atoms with Gasteiger partial charge in [0.1, 0.15) is 6.29 Å². The first-order valence-electron chi connectivity index (χ1n) is 9.03. The molecule has 0 amide bonds. The van der Waals surface area contributed by atoms with Crippen molar-refractivity contribution in [2.24, 2.45) is 17.6 Å². The summed E-state index contributed by atoms with van der Waals surface area (Å²) in [7, 11) is 0. The molecule has 0 aromatic heterocycles. The van der Waals surface area contributed by atoms with E-state index in [1.165, 1.54) is 62.4 Å². The smallest absolute Gasteiger partial charge is 0.123 e. The number of nitrogens with two attached hydrogens (primary N) is 1. The van der Waals surface area contributed by atoms with E-state index in [0.29, 0.717) is 17.9 Å². The molecule has 2 aliphatic rings. The molecule has 2 N–H and O–H groups in total. The average molecular weight is 299 g/mol. The summed E-state index contributed by atoms with van der Waals surface area (Å²) in [5, 5.41) is 0. The topological polar surface area (TPSA) is 43.1 Å². The Morgan fingerprint density at radius 3 is 2.18 bits per heavy atom. The maximum absolute atomic E-state index is 11.1. The Kier molecular flexibility index (Phi) is 4.97. The predicted octanol–water partition coefficient (Wildman–Crippen LogP) is 4.35. The van der Waals surface area contributed by atoms with Crippen molar-refractivity contribution in [3.63, 3.8) is 0 Å². The molecule has 0 atom stereocenters. The second-order valence-electron chi connectivity index (χ2n) is 7.37. The molecule has 2 fully saturated rings. The fraction of sp³-hybridized carbons (Fsp3) is 0.650. The van der Waals surface area contributed by atoms with Gasteiger partial charge in [0.05, 0.1) is 0 Å². The first kappa shape index (κ1) is 15.7. The lowest BCUT2D eigenvalue weighted by Gasteiger charge is -2.47. The van der Waals surface area contributed by atoms with Crippen LogP contribution >= 0.6 is 0 Å². The Morgan fingerprint density at radius 2 is 1.64 bits per heavy atom. The van der Waals surface area contributed by atoms with Crippen molar-refractivity contribution < 1.29 is 4.79 Å². The molecular weight excluding hydrogens is 270 g/mol. The molecule has 2 heteroatoms. The van der Waals surface area contributed by atoms with Gasteiger partial charge in [-0.3, -0.25) is 0 Å². The highest BCUT2D eigenvalue weighted by molar-refractivity contribution is 5.53. The lowest BCUT2D eigenvalue weighted by atomic mass is 9.58. The highest BCUT2D eigenvalue weighted by Gasteiger charge is 2.42. The Labute approximate surface area is 134 Å². The molecule has 0 bridgehead atoms. The number of carbonyl (C=O) groups is 1. The van der Waals surface area contributed by atoms with Crippen LogP contribution in [0.15, 0.2) is 24.3 Å². The molecule has 0 aliphatic heterocycles.